The maximum Gasteiger partial charge on any atom is 0.144 e. The summed E-state index contributed by atoms with van der Waals surface area (Å²) in [5.74, 6) is 1.02. The predicted molar refractivity (Wildman–Crippen MR) is 85.5 cm³/mol. The van der Waals surface area contributed by atoms with E-state index < -0.39 is 5.82 Å². The van der Waals surface area contributed by atoms with Crippen LogP contribution in [0.1, 0.15) is 50.2 Å². The number of aromatic nitrogens is 2. The van der Waals surface area contributed by atoms with Crippen molar-refractivity contribution in [3.8, 4) is 0 Å². The van der Waals surface area contributed by atoms with Crippen molar-refractivity contribution in [2.75, 3.05) is 0 Å². The quantitative estimate of drug-likeness (QED) is 0.660. The van der Waals surface area contributed by atoms with Crippen LogP contribution in [-0.4, -0.2) is 9.55 Å². The van der Waals surface area contributed by atoms with Gasteiger partial charge in [0.25, 0.3) is 0 Å². The largest absolute Gasteiger partial charge is 0.326 e. The smallest absolute Gasteiger partial charge is 0.144 e. The predicted octanol–water partition coefficient (Wildman–Crippen LogP) is 5.71. The van der Waals surface area contributed by atoms with Crippen molar-refractivity contribution in [2.45, 2.75) is 50.9 Å². The van der Waals surface area contributed by atoms with Gasteiger partial charge in [-0.05, 0) is 31.7 Å². The SMILES string of the molecule is CC(Cl)c1nc2cc(F)c(Cl)cc2n1CC1CCCCC1. The third kappa shape index (κ3) is 3.04. The molecule has 1 atom stereocenters. The number of rotatable bonds is 3. The lowest BCUT2D eigenvalue weighted by Gasteiger charge is -2.23. The van der Waals surface area contributed by atoms with E-state index in [9.17, 15) is 4.39 Å². The van der Waals surface area contributed by atoms with Crippen molar-refractivity contribution in [2.24, 2.45) is 5.92 Å². The van der Waals surface area contributed by atoms with E-state index >= 15 is 0 Å². The maximum atomic E-state index is 13.6. The molecule has 1 unspecified atom stereocenters. The van der Waals surface area contributed by atoms with Crippen LogP contribution in [0, 0.1) is 11.7 Å². The summed E-state index contributed by atoms with van der Waals surface area (Å²) in [4.78, 5) is 4.51. The molecule has 1 heterocycles. The fourth-order valence-corrected chi connectivity index (χ4v) is 3.59. The van der Waals surface area contributed by atoms with Gasteiger partial charge < -0.3 is 4.57 Å². The van der Waals surface area contributed by atoms with Crippen molar-refractivity contribution >= 4 is 34.2 Å². The number of halogens is 3. The van der Waals surface area contributed by atoms with E-state index in [-0.39, 0.29) is 10.4 Å². The second-order valence-electron chi connectivity index (χ2n) is 5.96. The number of fused-ring (bicyclic) bond motifs is 1. The Morgan fingerprint density at radius 3 is 2.71 bits per heavy atom. The Labute approximate surface area is 134 Å². The molecule has 0 bridgehead atoms. The second kappa shape index (κ2) is 6.13. The van der Waals surface area contributed by atoms with Crippen LogP contribution in [0.5, 0.6) is 0 Å². The molecule has 0 amide bonds. The Kier molecular flexibility index (Phi) is 4.41. The number of imidazole rings is 1. The highest BCUT2D eigenvalue weighted by molar-refractivity contribution is 6.31. The molecule has 1 aliphatic rings. The number of hydrogen-bond donors (Lipinski definition) is 0. The molecule has 0 radical (unpaired) electrons. The van der Waals surface area contributed by atoms with Gasteiger partial charge >= 0.3 is 0 Å². The average molecular weight is 329 g/mol. The van der Waals surface area contributed by atoms with Gasteiger partial charge in [-0.1, -0.05) is 30.9 Å². The summed E-state index contributed by atoms with van der Waals surface area (Å²) in [7, 11) is 0. The second-order valence-corrected chi connectivity index (χ2v) is 7.02. The standard InChI is InChI=1S/C16H19Cl2FN2/c1-10(17)16-20-14-8-13(19)12(18)7-15(14)21(16)9-11-5-3-2-4-6-11/h7-8,10-11H,2-6,9H2,1H3. The highest BCUT2D eigenvalue weighted by Gasteiger charge is 2.21. The minimum atomic E-state index is -0.430. The van der Waals surface area contributed by atoms with Gasteiger partial charge in [0, 0.05) is 12.6 Å². The van der Waals surface area contributed by atoms with Crippen molar-refractivity contribution in [3.05, 3.63) is 28.8 Å². The Morgan fingerprint density at radius 2 is 2.05 bits per heavy atom. The molecule has 2 aromatic rings. The van der Waals surface area contributed by atoms with E-state index in [2.05, 4.69) is 9.55 Å². The zero-order valence-corrected chi connectivity index (χ0v) is 13.6. The molecule has 114 valence electrons. The number of alkyl halides is 1. The lowest BCUT2D eigenvalue weighted by molar-refractivity contribution is 0.319. The van der Waals surface area contributed by atoms with Crippen LogP contribution in [-0.2, 0) is 6.54 Å². The van der Waals surface area contributed by atoms with Gasteiger partial charge in [0.2, 0.25) is 0 Å². The van der Waals surface area contributed by atoms with Gasteiger partial charge in [-0.3, -0.25) is 0 Å². The average Bonchev–Trinajstić information content (AvgIpc) is 2.79. The fraction of sp³-hybridized carbons (Fsp3) is 0.562. The molecular formula is C16H19Cl2FN2. The van der Waals surface area contributed by atoms with E-state index in [0.29, 0.717) is 11.4 Å². The van der Waals surface area contributed by atoms with Gasteiger partial charge in [0.1, 0.15) is 11.6 Å². The lowest BCUT2D eigenvalue weighted by Crippen LogP contribution is -2.16. The molecule has 1 fully saturated rings. The zero-order chi connectivity index (χ0) is 15.0. The molecular weight excluding hydrogens is 310 g/mol. The van der Waals surface area contributed by atoms with E-state index in [1.54, 1.807) is 6.07 Å². The van der Waals surface area contributed by atoms with Crippen molar-refractivity contribution in [1.82, 2.24) is 9.55 Å². The summed E-state index contributed by atoms with van der Waals surface area (Å²) in [5, 5.41) is -0.0658. The maximum absolute atomic E-state index is 13.6. The van der Waals surface area contributed by atoms with Gasteiger partial charge in [0.15, 0.2) is 0 Å². The first-order chi connectivity index (χ1) is 10.1. The van der Waals surface area contributed by atoms with Crippen LogP contribution < -0.4 is 0 Å². The number of benzene rings is 1. The molecule has 3 rings (SSSR count). The molecule has 1 aromatic carbocycles. The van der Waals surface area contributed by atoms with Crippen LogP contribution in [0.25, 0.3) is 11.0 Å². The normalized spacial score (nSPS) is 18.3. The van der Waals surface area contributed by atoms with Crippen LogP contribution in [0.3, 0.4) is 0 Å². The van der Waals surface area contributed by atoms with Crippen LogP contribution in [0.4, 0.5) is 4.39 Å². The lowest BCUT2D eigenvalue weighted by atomic mass is 9.89. The first kappa shape index (κ1) is 15.1. The molecule has 5 heteroatoms. The van der Waals surface area contributed by atoms with Gasteiger partial charge in [-0.2, -0.15) is 0 Å². The Balaban J connectivity index is 2.04. The molecule has 1 aliphatic carbocycles. The van der Waals surface area contributed by atoms with Crippen molar-refractivity contribution in [3.63, 3.8) is 0 Å². The van der Waals surface area contributed by atoms with Gasteiger partial charge in [-0.15, -0.1) is 11.6 Å². The summed E-state index contributed by atoms with van der Waals surface area (Å²) >= 11 is 12.2. The Morgan fingerprint density at radius 1 is 1.33 bits per heavy atom. The molecule has 0 spiro atoms. The number of nitrogens with zero attached hydrogens (tertiary/aromatic N) is 2. The molecule has 21 heavy (non-hydrogen) atoms. The molecule has 2 nitrogen and oxygen atoms in total. The zero-order valence-electron chi connectivity index (χ0n) is 12.1. The summed E-state index contributed by atoms with van der Waals surface area (Å²) in [6.45, 7) is 2.79. The highest BCUT2D eigenvalue weighted by Crippen LogP contribution is 2.32. The van der Waals surface area contributed by atoms with Crippen LogP contribution >= 0.6 is 23.2 Å². The Hall–Kier alpha value is -0.800. The van der Waals surface area contributed by atoms with Crippen LogP contribution in [0.15, 0.2) is 12.1 Å². The van der Waals surface area contributed by atoms with Gasteiger partial charge in [-0.25, -0.2) is 9.37 Å². The summed E-state index contributed by atoms with van der Waals surface area (Å²) in [6, 6.07) is 3.07. The first-order valence-electron chi connectivity index (χ1n) is 7.55. The first-order valence-corrected chi connectivity index (χ1v) is 8.37. The third-order valence-electron chi connectivity index (χ3n) is 4.34. The van der Waals surface area contributed by atoms with Gasteiger partial charge in [0.05, 0.1) is 21.4 Å². The summed E-state index contributed by atoms with van der Waals surface area (Å²) in [6.07, 6.45) is 6.39. The molecule has 0 saturated heterocycles. The minimum absolute atomic E-state index is 0.140. The Bertz CT molecular complexity index is 645. The van der Waals surface area contributed by atoms with E-state index in [4.69, 9.17) is 23.2 Å². The van der Waals surface area contributed by atoms with E-state index in [1.165, 1.54) is 38.2 Å². The monoisotopic (exact) mass is 328 g/mol. The molecule has 1 saturated carbocycles. The summed E-state index contributed by atoms with van der Waals surface area (Å²) < 4.78 is 15.8. The molecule has 0 N–H and O–H groups in total. The van der Waals surface area contributed by atoms with E-state index in [0.717, 1.165) is 17.9 Å². The topological polar surface area (TPSA) is 17.8 Å². The van der Waals surface area contributed by atoms with Crippen LogP contribution in [0.2, 0.25) is 5.02 Å². The highest BCUT2D eigenvalue weighted by atomic mass is 35.5. The number of hydrogen-bond acceptors (Lipinski definition) is 1. The fourth-order valence-electron chi connectivity index (χ4n) is 3.26. The minimum Gasteiger partial charge on any atom is -0.326 e. The summed E-state index contributed by atoms with van der Waals surface area (Å²) in [5.41, 5.74) is 1.52. The third-order valence-corrected chi connectivity index (χ3v) is 4.83. The van der Waals surface area contributed by atoms with Crippen molar-refractivity contribution < 1.29 is 4.39 Å². The molecule has 0 aliphatic heterocycles. The van der Waals surface area contributed by atoms with E-state index in [1.807, 2.05) is 6.92 Å². The molecule has 1 aromatic heterocycles. The van der Waals surface area contributed by atoms with Crippen molar-refractivity contribution in [1.29, 1.82) is 0 Å².